The molecule has 1 aliphatic rings. The van der Waals surface area contributed by atoms with E-state index in [1.807, 2.05) is 0 Å². The van der Waals surface area contributed by atoms with E-state index < -0.39 is 8.07 Å². The van der Waals surface area contributed by atoms with Gasteiger partial charge in [-0.25, -0.2) is 0 Å². The summed E-state index contributed by atoms with van der Waals surface area (Å²) in [6.07, 6.45) is 9.27. The SMILES string of the molecule is CC(C)(C)[Si](C)(C)C1CCCCC1/C=C\C#N. The first-order chi connectivity index (χ1) is 7.80. The van der Waals surface area contributed by atoms with Crippen molar-refractivity contribution in [3.63, 3.8) is 0 Å². The summed E-state index contributed by atoms with van der Waals surface area (Å²) in [7, 11) is -1.28. The van der Waals surface area contributed by atoms with Crippen LogP contribution in [0.25, 0.3) is 0 Å². The van der Waals surface area contributed by atoms with Gasteiger partial charge in [-0.05, 0) is 22.9 Å². The van der Waals surface area contributed by atoms with Gasteiger partial charge in [-0.3, -0.25) is 0 Å². The number of allylic oxidation sites excluding steroid dienone is 2. The quantitative estimate of drug-likeness (QED) is 0.491. The van der Waals surface area contributed by atoms with Crippen LogP contribution >= 0.6 is 0 Å². The lowest BCUT2D eigenvalue weighted by molar-refractivity contribution is 0.400. The van der Waals surface area contributed by atoms with Crippen LogP contribution in [0.4, 0.5) is 0 Å². The molecule has 96 valence electrons. The van der Waals surface area contributed by atoms with Crippen molar-refractivity contribution in [2.75, 3.05) is 0 Å². The van der Waals surface area contributed by atoms with E-state index in [9.17, 15) is 0 Å². The second-order valence-electron chi connectivity index (χ2n) is 7.01. The summed E-state index contributed by atoms with van der Waals surface area (Å²) in [5, 5.41) is 9.17. The normalized spacial score (nSPS) is 27.1. The topological polar surface area (TPSA) is 23.8 Å². The van der Waals surface area contributed by atoms with Gasteiger partial charge in [0.05, 0.1) is 14.1 Å². The number of nitrogens with zero attached hydrogens (tertiary/aromatic N) is 1. The molecule has 2 unspecified atom stereocenters. The Kier molecular flexibility index (Phi) is 4.60. The fourth-order valence-corrected chi connectivity index (χ4v) is 6.40. The summed E-state index contributed by atoms with van der Waals surface area (Å²) in [5.41, 5.74) is 0.848. The minimum Gasteiger partial charge on any atom is -0.193 e. The van der Waals surface area contributed by atoms with Gasteiger partial charge in [0.15, 0.2) is 0 Å². The standard InChI is InChI=1S/C15H27NSi/c1-15(2,3)17(4,5)14-11-7-6-9-13(14)10-8-12-16/h8,10,13-14H,6-7,9,11H2,1-5H3/b10-8-. The summed E-state index contributed by atoms with van der Waals surface area (Å²) in [6, 6.07) is 2.16. The molecule has 17 heavy (non-hydrogen) atoms. The highest BCUT2D eigenvalue weighted by Gasteiger charge is 2.45. The van der Waals surface area contributed by atoms with Crippen LogP contribution in [0.2, 0.25) is 23.7 Å². The van der Waals surface area contributed by atoms with Gasteiger partial charge in [0.1, 0.15) is 0 Å². The van der Waals surface area contributed by atoms with Gasteiger partial charge in [-0.2, -0.15) is 5.26 Å². The predicted octanol–water partition coefficient (Wildman–Crippen LogP) is 5.14. The molecular formula is C15H27NSi. The average molecular weight is 249 g/mol. The van der Waals surface area contributed by atoms with Gasteiger partial charge in [-0.15, -0.1) is 0 Å². The average Bonchev–Trinajstić information content (AvgIpc) is 2.25. The molecule has 1 saturated carbocycles. The zero-order valence-electron chi connectivity index (χ0n) is 12.1. The lowest BCUT2D eigenvalue weighted by Crippen LogP contribution is -2.45. The second-order valence-corrected chi connectivity index (χ2v) is 12.7. The first-order valence-corrected chi connectivity index (χ1v) is 9.94. The van der Waals surface area contributed by atoms with Crippen molar-refractivity contribution in [1.29, 1.82) is 5.26 Å². The van der Waals surface area contributed by atoms with Gasteiger partial charge in [0, 0.05) is 6.08 Å². The summed E-state index contributed by atoms with van der Waals surface area (Å²) in [6.45, 7) is 12.3. The van der Waals surface area contributed by atoms with Crippen LogP contribution in [0.1, 0.15) is 46.5 Å². The van der Waals surface area contributed by atoms with E-state index in [-0.39, 0.29) is 0 Å². The summed E-state index contributed by atoms with van der Waals surface area (Å²) in [5.74, 6) is 0.657. The minimum absolute atomic E-state index is 0.452. The second kappa shape index (κ2) is 5.39. The maximum Gasteiger partial charge on any atom is 0.0908 e. The smallest absolute Gasteiger partial charge is 0.0908 e. The van der Waals surface area contributed by atoms with Crippen LogP contribution in [0.5, 0.6) is 0 Å². The lowest BCUT2D eigenvalue weighted by Gasteiger charge is -2.48. The Labute approximate surface area is 108 Å². The number of hydrogen-bond acceptors (Lipinski definition) is 1. The Hall–Kier alpha value is -0.553. The maximum absolute atomic E-state index is 8.72. The molecule has 0 aromatic carbocycles. The third-order valence-corrected chi connectivity index (χ3v) is 11.5. The molecule has 1 aliphatic carbocycles. The molecule has 0 spiro atoms. The Morgan fingerprint density at radius 3 is 2.29 bits per heavy atom. The third-order valence-electron chi connectivity index (χ3n) is 5.10. The largest absolute Gasteiger partial charge is 0.193 e. The van der Waals surface area contributed by atoms with Crippen molar-refractivity contribution in [1.82, 2.24) is 0 Å². The highest BCUT2D eigenvalue weighted by Crippen LogP contribution is 2.51. The molecule has 2 atom stereocenters. The fraction of sp³-hybridized carbons (Fsp3) is 0.800. The van der Waals surface area contributed by atoms with Gasteiger partial charge in [-0.1, -0.05) is 59.2 Å². The molecule has 0 saturated heterocycles. The first kappa shape index (κ1) is 14.5. The highest BCUT2D eigenvalue weighted by molar-refractivity contribution is 6.81. The van der Waals surface area contributed by atoms with Crippen molar-refractivity contribution in [2.45, 2.75) is 70.1 Å². The molecule has 1 fully saturated rings. The molecule has 0 heterocycles. The van der Waals surface area contributed by atoms with Crippen LogP contribution in [0.3, 0.4) is 0 Å². The van der Waals surface area contributed by atoms with E-state index in [4.69, 9.17) is 5.26 Å². The van der Waals surface area contributed by atoms with Crippen molar-refractivity contribution < 1.29 is 0 Å². The molecule has 0 N–H and O–H groups in total. The van der Waals surface area contributed by atoms with E-state index in [1.54, 1.807) is 6.08 Å². The Balaban J connectivity index is 2.92. The highest BCUT2D eigenvalue weighted by atomic mass is 28.3. The molecule has 1 rings (SSSR count). The van der Waals surface area contributed by atoms with Crippen LogP contribution in [0, 0.1) is 17.2 Å². The molecule has 0 aliphatic heterocycles. The maximum atomic E-state index is 8.72. The molecule has 0 aromatic heterocycles. The molecule has 0 aromatic rings. The lowest BCUT2D eigenvalue weighted by atomic mass is 9.88. The molecule has 0 radical (unpaired) electrons. The number of hydrogen-bond donors (Lipinski definition) is 0. The molecule has 2 heteroatoms. The van der Waals surface area contributed by atoms with E-state index >= 15 is 0 Å². The van der Waals surface area contributed by atoms with E-state index in [2.05, 4.69) is 46.0 Å². The molecule has 0 amide bonds. The fourth-order valence-electron chi connectivity index (χ4n) is 3.01. The van der Waals surface area contributed by atoms with E-state index in [1.165, 1.54) is 25.7 Å². The molecule has 0 bridgehead atoms. The van der Waals surface area contributed by atoms with Crippen molar-refractivity contribution >= 4 is 8.07 Å². The summed E-state index contributed by atoms with van der Waals surface area (Å²) in [4.78, 5) is 0. The summed E-state index contributed by atoms with van der Waals surface area (Å²) < 4.78 is 0. The Bertz CT molecular complexity index is 317. The number of rotatable bonds is 2. The third kappa shape index (κ3) is 3.22. The van der Waals surface area contributed by atoms with Gasteiger partial charge < -0.3 is 0 Å². The monoisotopic (exact) mass is 249 g/mol. The van der Waals surface area contributed by atoms with Crippen LogP contribution in [-0.2, 0) is 0 Å². The van der Waals surface area contributed by atoms with E-state index in [0.717, 1.165) is 5.54 Å². The van der Waals surface area contributed by atoms with Crippen LogP contribution in [-0.4, -0.2) is 8.07 Å². The predicted molar refractivity (Wildman–Crippen MR) is 77.7 cm³/mol. The molecule has 1 nitrogen and oxygen atoms in total. The first-order valence-electron chi connectivity index (χ1n) is 6.87. The zero-order chi connectivity index (χ0) is 13.1. The van der Waals surface area contributed by atoms with Crippen LogP contribution < -0.4 is 0 Å². The Morgan fingerprint density at radius 1 is 1.18 bits per heavy atom. The van der Waals surface area contributed by atoms with Crippen molar-refractivity contribution in [3.05, 3.63) is 12.2 Å². The number of nitriles is 1. The van der Waals surface area contributed by atoms with Crippen LogP contribution in [0.15, 0.2) is 12.2 Å². The summed E-state index contributed by atoms with van der Waals surface area (Å²) >= 11 is 0. The van der Waals surface area contributed by atoms with Crippen molar-refractivity contribution in [2.24, 2.45) is 5.92 Å². The van der Waals surface area contributed by atoms with Crippen molar-refractivity contribution in [3.8, 4) is 6.07 Å². The van der Waals surface area contributed by atoms with Gasteiger partial charge in [0.2, 0.25) is 0 Å². The van der Waals surface area contributed by atoms with Gasteiger partial charge >= 0.3 is 0 Å². The molecular weight excluding hydrogens is 222 g/mol. The Morgan fingerprint density at radius 2 is 1.76 bits per heavy atom. The van der Waals surface area contributed by atoms with Gasteiger partial charge in [0.25, 0.3) is 0 Å². The van der Waals surface area contributed by atoms with E-state index in [0.29, 0.717) is 11.0 Å². The minimum atomic E-state index is -1.28. The zero-order valence-corrected chi connectivity index (χ0v) is 13.1.